The van der Waals surface area contributed by atoms with Crippen molar-refractivity contribution < 1.29 is 4.74 Å². The van der Waals surface area contributed by atoms with Crippen molar-refractivity contribution >= 4 is 29.0 Å². The van der Waals surface area contributed by atoms with Gasteiger partial charge in [0.05, 0.1) is 12.6 Å². The molecule has 0 atom stereocenters. The Morgan fingerprint density at radius 2 is 1.78 bits per heavy atom. The fourth-order valence-electron chi connectivity index (χ4n) is 2.74. The van der Waals surface area contributed by atoms with Gasteiger partial charge in [-0.2, -0.15) is 0 Å². The summed E-state index contributed by atoms with van der Waals surface area (Å²) in [6.07, 6.45) is 7.91. The highest BCUT2D eigenvalue weighted by Crippen LogP contribution is 2.27. The number of methoxy groups -OCH3 is 1. The summed E-state index contributed by atoms with van der Waals surface area (Å²) >= 11 is 0. The molecule has 3 nitrogen and oxygen atoms in total. The van der Waals surface area contributed by atoms with Crippen LogP contribution in [-0.4, -0.2) is 18.6 Å². The van der Waals surface area contributed by atoms with E-state index in [0.29, 0.717) is 0 Å². The topological polar surface area (TPSA) is 34.2 Å². The number of hydrogen-bond donors (Lipinski definition) is 1. The molecule has 1 heterocycles. The molecule has 0 saturated heterocycles. The SMILES string of the molecule is CCCCCCCCNc1cc(C)nc2ccc(OC)cc12.Cl. The number of nitrogens with one attached hydrogen (secondary N) is 1. The molecule has 0 bridgehead atoms. The molecule has 128 valence electrons. The second kappa shape index (κ2) is 10.3. The Morgan fingerprint density at radius 3 is 2.52 bits per heavy atom. The molecule has 0 aliphatic rings. The van der Waals surface area contributed by atoms with Gasteiger partial charge in [0.25, 0.3) is 0 Å². The van der Waals surface area contributed by atoms with Crippen LogP contribution in [0.3, 0.4) is 0 Å². The molecule has 23 heavy (non-hydrogen) atoms. The van der Waals surface area contributed by atoms with Crippen LogP contribution in [0, 0.1) is 6.92 Å². The minimum atomic E-state index is 0. The van der Waals surface area contributed by atoms with Gasteiger partial charge in [-0.25, -0.2) is 0 Å². The Balaban J connectivity index is 0.00000264. The number of fused-ring (bicyclic) bond motifs is 1. The maximum Gasteiger partial charge on any atom is 0.119 e. The first-order valence-corrected chi connectivity index (χ1v) is 8.44. The molecule has 2 rings (SSSR count). The molecular weight excluding hydrogens is 308 g/mol. The molecule has 0 amide bonds. The van der Waals surface area contributed by atoms with Crippen LogP contribution in [0.15, 0.2) is 24.3 Å². The number of hydrogen-bond acceptors (Lipinski definition) is 3. The fourth-order valence-corrected chi connectivity index (χ4v) is 2.74. The van der Waals surface area contributed by atoms with Crippen LogP contribution in [0.25, 0.3) is 10.9 Å². The molecule has 0 radical (unpaired) electrons. The molecule has 1 aromatic carbocycles. The molecule has 0 spiro atoms. The molecular formula is C19H29ClN2O. The molecule has 1 aromatic heterocycles. The Labute approximate surface area is 146 Å². The van der Waals surface area contributed by atoms with Gasteiger partial charge in [-0.15, -0.1) is 12.4 Å². The van der Waals surface area contributed by atoms with Crippen LogP contribution in [0.2, 0.25) is 0 Å². The minimum absolute atomic E-state index is 0. The van der Waals surface area contributed by atoms with Gasteiger partial charge >= 0.3 is 0 Å². The number of halogens is 1. The smallest absolute Gasteiger partial charge is 0.119 e. The van der Waals surface area contributed by atoms with Crippen molar-refractivity contribution in [2.24, 2.45) is 0 Å². The average molecular weight is 337 g/mol. The molecule has 0 saturated carbocycles. The number of aryl methyl sites for hydroxylation is 1. The predicted octanol–water partition coefficient (Wildman–Crippen LogP) is 5.75. The van der Waals surface area contributed by atoms with Gasteiger partial charge in [-0.3, -0.25) is 4.98 Å². The van der Waals surface area contributed by atoms with Gasteiger partial charge in [0.1, 0.15) is 5.75 Å². The number of aromatic nitrogens is 1. The lowest BCUT2D eigenvalue weighted by Crippen LogP contribution is -2.03. The van der Waals surface area contributed by atoms with Crippen LogP contribution in [0.5, 0.6) is 5.75 Å². The van der Waals surface area contributed by atoms with Crippen LogP contribution in [-0.2, 0) is 0 Å². The van der Waals surface area contributed by atoms with E-state index < -0.39 is 0 Å². The van der Waals surface area contributed by atoms with E-state index in [4.69, 9.17) is 4.74 Å². The van der Waals surface area contributed by atoms with Crippen molar-refractivity contribution in [2.45, 2.75) is 52.4 Å². The summed E-state index contributed by atoms with van der Waals surface area (Å²) < 4.78 is 5.33. The fraction of sp³-hybridized carbons (Fsp3) is 0.526. The number of rotatable bonds is 9. The highest BCUT2D eigenvalue weighted by Gasteiger charge is 2.05. The summed E-state index contributed by atoms with van der Waals surface area (Å²) in [5, 5.41) is 4.71. The zero-order valence-electron chi connectivity index (χ0n) is 14.5. The third kappa shape index (κ3) is 5.91. The molecule has 0 aliphatic heterocycles. The van der Waals surface area contributed by atoms with Gasteiger partial charge in [-0.1, -0.05) is 39.0 Å². The van der Waals surface area contributed by atoms with Crippen LogP contribution in [0.1, 0.15) is 51.1 Å². The van der Waals surface area contributed by atoms with Gasteiger partial charge in [0.15, 0.2) is 0 Å². The zero-order valence-corrected chi connectivity index (χ0v) is 15.3. The molecule has 2 aromatic rings. The Morgan fingerprint density at radius 1 is 1.04 bits per heavy atom. The molecule has 4 heteroatoms. The highest BCUT2D eigenvalue weighted by molar-refractivity contribution is 5.92. The second-order valence-electron chi connectivity index (χ2n) is 5.89. The Kier molecular flexibility index (Phi) is 8.78. The van der Waals surface area contributed by atoms with Crippen molar-refractivity contribution in [1.29, 1.82) is 0 Å². The van der Waals surface area contributed by atoms with E-state index in [9.17, 15) is 0 Å². The monoisotopic (exact) mass is 336 g/mol. The van der Waals surface area contributed by atoms with E-state index in [0.717, 1.165) is 34.6 Å². The van der Waals surface area contributed by atoms with Gasteiger partial charge in [-0.05, 0) is 37.6 Å². The summed E-state index contributed by atoms with van der Waals surface area (Å²) in [6, 6.07) is 8.17. The van der Waals surface area contributed by atoms with Crippen molar-refractivity contribution in [1.82, 2.24) is 4.98 Å². The number of pyridine rings is 1. The van der Waals surface area contributed by atoms with E-state index in [1.165, 1.54) is 38.5 Å². The highest BCUT2D eigenvalue weighted by atomic mass is 35.5. The maximum atomic E-state index is 5.33. The Bertz CT molecular complexity index is 601. The van der Waals surface area contributed by atoms with Crippen LogP contribution >= 0.6 is 12.4 Å². The first kappa shape index (κ1) is 19.6. The summed E-state index contributed by atoms with van der Waals surface area (Å²) in [4.78, 5) is 4.59. The average Bonchev–Trinajstić information content (AvgIpc) is 2.53. The van der Waals surface area contributed by atoms with Crippen LogP contribution < -0.4 is 10.1 Å². The molecule has 0 fully saturated rings. The van der Waals surface area contributed by atoms with Crippen molar-refractivity contribution in [2.75, 3.05) is 19.0 Å². The molecule has 0 unspecified atom stereocenters. The number of ether oxygens (including phenoxy) is 1. The number of unbranched alkanes of at least 4 members (excludes halogenated alkanes) is 5. The van der Waals surface area contributed by atoms with Crippen molar-refractivity contribution in [3.8, 4) is 5.75 Å². The lowest BCUT2D eigenvalue weighted by atomic mass is 10.1. The first-order valence-electron chi connectivity index (χ1n) is 8.44. The maximum absolute atomic E-state index is 5.33. The lowest BCUT2D eigenvalue weighted by Gasteiger charge is -2.12. The largest absolute Gasteiger partial charge is 0.497 e. The Hall–Kier alpha value is -1.48. The van der Waals surface area contributed by atoms with E-state index in [1.54, 1.807) is 7.11 Å². The number of anilines is 1. The summed E-state index contributed by atoms with van der Waals surface area (Å²) in [7, 11) is 1.70. The summed E-state index contributed by atoms with van der Waals surface area (Å²) in [6.45, 7) is 5.31. The predicted molar refractivity (Wildman–Crippen MR) is 102 cm³/mol. The lowest BCUT2D eigenvalue weighted by molar-refractivity contribution is 0.415. The summed E-state index contributed by atoms with van der Waals surface area (Å²) in [5.74, 6) is 0.876. The second-order valence-corrected chi connectivity index (χ2v) is 5.89. The third-order valence-electron chi connectivity index (χ3n) is 3.99. The first-order chi connectivity index (χ1) is 10.7. The zero-order chi connectivity index (χ0) is 15.8. The van der Waals surface area contributed by atoms with Crippen molar-refractivity contribution in [3.63, 3.8) is 0 Å². The van der Waals surface area contributed by atoms with E-state index in [1.807, 2.05) is 19.1 Å². The molecule has 0 aliphatic carbocycles. The normalized spacial score (nSPS) is 10.4. The minimum Gasteiger partial charge on any atom is -0.497 e. The number of benzene rings is 1. The van der Waals surface area contributed by atoms with Crippen LogP contribution in [0.4, 0.5) is 5.69 Å². The standard InChI is InChI=1S/C19H28N2O.ClH/c1-4-5-6-7-8-9-12-20-19-13-15(2)21-18-11-10-16(22-3)14-17(18)19;/h10-11,13-14H,4-9,12H2,1-3H3,(H,20,21);1H. The van der Waals surface area contributed by atoms with E-state index >= 15 is 0 Å². The van der Waals surface area contributed by atoms with Gasteiger partial charge < -0.3 is 10.1 Å². The van der Waals surface area contributed by atoms with E-state index in [2.05, 4.69) is 29.4 Å². The third-order valence-corrected chi connectivity index (χ3v) is 3.99. The van der Waals surface area contributed by atoms with Gasteiger partial charge in [0.2, 0.25) is 0 Å². The quantitative estimate of drug-likeness (QED) is 0.592. The summed E-state index contributed by atoms with van der Waals surface area (Å²) in [5.41, 5.74) is 3.23. The number of nitrogens with zero attached hydrogens (tertiary/aromatic N) is 1. The van der Waals surface area contributed by atoms with Gasteiger partial charge in [0, 0.05) is 23.3 Å². The van der Waals surface area contributed by atoms with E-state index in [-0.39, 0.29) is 12.4 Å². The molecule has 1 N–H and O–H groups in total. The van der Waals surface area contributed by atoms with Crippen molar-refractivity contribution in [3.05, 3.63) is 30.0 Å².